The van der Waals surface area contributed by atoms with Gasteiger partial charge in [-0.3, -0.25) is 4.79 Å². The summed E-state index contributed by atoms with van der Waals surface area (Å²) in [6.07, 6.45) is 1.28. The van der Waals surface area contributed by atoms with Crippen LogP contribution in [-0.2, 0) is 10.0 Å². The minimum absolute atomic E-state index is 0.162. The normalized spacial score (nSPS) is 11.7. The Bertz CT molecular complexity index is 970. The van der Waals surface area contributed by atoms with E-state index in [-0.39, 0.29) is 10.5 Å². The number of benzene rings is 2. The first-order valence-corrected chi connectivity index (χ1v) is 8.07. The molecular weight excluding hydrogens is 300 g/mol. The molecule has 0 aliphatic heterocycles. The molecule has 0 radical (unpaired) electrons. The van der Waals surface area contributed by atoms with Crippen molar-refractivity contribution in [2.75, 3.05) is 0 Å². The molecule has 2 N–H and O–H groups in total. The van der Waals surface area contributed by atoms with Crippen molar-refractivity contribution in [3.63, 3.8) is 0 Å². The number of primary amides is 1. The lowest BCUT2D eigenvalue weighted by Crippen LogP contribution is -2.13. The Balaban J connectivity index is 2.30. The van der Waals surface area contributed by atoms with Crippen LogP contribution in [0.1, 0.15) is 15.9 Å². The van der Waals surface area contributed by atoms with Crippen LogP contribution in [0, 0.1) is 6.92 Å². The number of rotatable bonds is 3. The minimum atomic E-state index is -3.79. The van der Waals surface area contributed by atoms with Gasteiger partial charge in [0.25, 0.3) is 15.9 Å². The summed E-state index contributed by atoms with van der Waals surface area (Å²) >= 11 is 0. The van der Waals surface area contributed by atoms with Gasteiger partial charge < -0.3 is 5.73 Å². The zero-order valence-corrected chi connectivity index (χ0v) is 12.7. The largest absolute Gasteiger partial charge is 0.366 e. The lowest BCUT2D eigenvalue weighted by atomic mass is 10.2. The van der Waals surface area contributed by atoms with Crippen LogP contribution in [0.5, 0.6) is 0 Å². The molecule has 0 fully saturated rings. The number of carbonyl (C=O) groups excluding carboxylic acids is 1. The summed E-state index contributed by atoms with van der Waals surface area (Å²) in [7, 11) is -3.79. The van der Waals surface area contributed by atoms with E-state index in [0.29, 0.717) is 10.9 Å². The highest BCUT2D eigenvalue weighted by atomic mass is 32.2. The average molecular weight is 314 g/mol. The van der Waals surface area contributed by atoms with Gasteiger partial charge in [-0.15, -0.1) is 0 Å². The van der Waals surface area contributed by atoms with Crippen LogP contribution < -0.4 is 5.73 Å². The third-order valence-corrected chi connectivity index (χ3v) is 5.21. The first kappa shape index (κ1) is 14.3. The molecule has 0 atom stereocenters. The first-order valence-electron chi connectivity index (χ1n) is 6.63. The van der Waals surface area contributed by atoms with Gasteiger partial charge in [-0.25, -0.2) is 12.4 Å². The van der Waals surface area contributed by atoms with E-state index in [4.69, 9.17) is 5.73 Å². The number of nitrogens with two attached hydrogens (primary N) is 1. The fraction of sp³-hybridized carbons (Fsp3) is 0.0625. The number of hydrogen-bond donors (Lipinski definition) is 1. The van der Waals surface area contributed by atoms with Crippen molar-refractivity contribution >= 4 is 26.8 Å². The van der Waals surface area contributed by atoms with Gasteiger partial charge in [-0.1, -0.05) is 35.9 Å². The SMILES string of the molecule is Cc1ccc(S(=O)(=O)n2cc(C(N)=O)c3ccccc32)cc1. The maximum Gasteiger partial charge on any atom is 0.268 e. The Morgan fingerprint density at radius 3 is 2.32 bits per heavy atom. The van der Waals surface area contributed by atoms with Crippen LogP contribution in [0.25, 0.3) is 10.9 Å². The van der Waals surface area contributed by atoms with Gasteiger partial charge in [0.1, 0.15) is 0 Å². The van der Waals surface area contributed by atoms with Gasteiger partial charge in [0.2, 0.25) is 0 Å². The van der Waals surface area contributed by atoms with Crippen LogP contribution in [-0.4, -0.2) is 18.3 Å². The first-order chi connectivity index (χ1) is 10.4. The van der Waals surface area contributed by atoms with Crippen molar-refractivity contribution in [1.82, 2.24) is 3.97 Å². The number of hydrogen-bond acceptors (Lipinski definition) is 3. The topological polar surface area (TPSA) is 82.2 Å². The van der Waals surface area contributed by atoms with Crippen molar-refractivity contribution < 1.29 is 13.2 Å². The molecule has 0 saturated heterocycles. The molecule has 5 nitrogen and oxygen atoms in total. The highest BCUT2D eigenvalue weighted by Gasteiger charge is 2.22. The van der Waals surface area contributed by atoms with E-state index in [1.54, 1.807) is 48.5 Å². The maximum absolute atomic E-state index is 12.8. The summed E-state index contributed by atoms with van der Waals surface area (Å²) in [5, 5.41) is 0.519. The molecule has 6 heteroatoms. The van der Waals surface area contributed by atoms with Crippen LogP contribution in [0.2, 0.25) is 0 Å². The summed E-state index contributed by atoms with van der Waals surface area (Å²) in [6.45, 7) is 1.88. The highest BCUT2D eigenvalue weighted by molar-refractivity contribution is 7.90. The molecule has 0 bridgehead atoms. The van der Waals surface area contributed by atoms with E-state index in [0.717, 1.165) is 9.54 Å². The molecule has 1 amide bonds. The van der Waals surface area contributed by atoms with E-state index < -0.39 is 15.9 Å². The lowest BCUT2D eigenvalue weighted by Gasteiger charge is -2.07. The van der Waals surface area contributed by atoms with Crippen LogP contribution in [0.4, 0.5) is 0 Å². The number of nitrogens with zero attached hydrogens (tertiary/aromatic N) is 1. The lowest BCUT2D eigenvalue weighted by molar-refractivity contribution is 0.100. The van der Waals surface area contributed by atoms with E-state index >= 15 is 0 Å². The Morgan fingerprint density at radius 1 is 1.05 bits per heavy atom. The molecule has 0 unspecified atom stereocenters. The quantitative estimate of drug-likeness (QED) is 0.805. The van der Waals surface area contributed by atoms with Crippen molar-refractivity contribution in [2.45, 2.75) is 11.8 Å². The fourth-order valence-corrected chi connectivity index (χ4v) is 3.74. The molecule has 1 heterocycles. The van der Waals surface area contributed by atoms with Gasteiger partial charge >= 0.3 is 0 Å². The second-order valence-electron chi connectivity index (χ2n) is 5.04. The summed E-state index contributed by atoms with van der Waals surface area (Å²) in [6, 6.07) is 13.3. The molecule has 2 aromatic carbocycles. The highest BCUT2D eigenvalue weighted by Crippen LogP contribution is 2.25. The molecule has 0 spiro atoms. The number of aryl methyl sites for hydroxylation is 1. The minimum Gasteiger partial charge on any atom is -0.366 e. The summed E-state index contributed by atoms with van der Waals surface area (Å²) in [4.78, 5) is 11.7. The van der Waals surface area contributed by atoms with Gasteiger partial charge in [0.05, 0.1) is 16.0 Å². The molecule has 22 heavy (non-hydrogen) atoms. The Kier molecular flexibility index (Phi) is 3.26. The smallest absolute Gasteiger partial charge is 0.268 e. The molecule has 3 rings (SSSR count). The third kappa shape index (κ3) is 2.17. The molecule has 3 aromatic rings. The van der Waals surface area contributed by atoms with E-state index in [1.165, 1.54) is 6.20 Å². The van der Waals surface area contributed by atoms with Crippen molar-refractivity contribution in [3.05, 3.63) is 65.9 Å². The molecule has 0 aliphatic carbocycles. The van der Waals surface area contributed by atoms with Crippen LogP contribution >= 0.6 is 0 Å². The second-order valence-corrected chi connectivity index (χ2v) is 6.85. The Labute approximate surface area is 128 Å². The Hall–Kier alpha value is -2.60. The fourth-order valence-electron chi connectivity index (χ4n) is 2.37. The van der Waals surface area contributed by atoms with Gasteiger partial charge in [0, 0.05) is 11.6 Å². The van der Waals surface area contributed by atoms with Gasteiger partial charge in [0.15, 0.2) is 0 Å². The zero-order valence-electron chi connectivity index (χ0n) is 11.9. The third-order valence-electron chi connectivity index (χ3n) is 3.52. The standard InChI is InChI=1S/C16H14N2O3S/c1-11-6-8-12(9-7-11)22(20,21)18-10-14(16(17)19)13-4-2-3-5-15(13)18/h2-10H,1H3,(H2,17,19). The number of fused-ring (bicyclic) bond motifs is 1. The van der Waals surface area contributed by atoms with E-state index in [2.05, 4.69) is 0 Å². The van der Waals surface area contributed by atoms with Crippen LogP contribution in [0.15, 0.2) is 59.6 Å². The molecule has 0 saturated carbocycles. The summed E-state index contributed by atoms with van der Waals surface area (Å²) in [5.74, 6) is -0.658. The number of amides is 1. The van der Waals surface area contributed by atoms with Crippen molar-refractivity contribution in [1.29, 1.82) is 0 Å². The number of carbonyl (C=O) groups is 1. The summed E-state index contributed by atoms with van der Waals surface area (Å²) < 4.78 is 26.7. The van der Waals surface area contributed by atoms with Crippen molar-refractivity contribution in [3.8, 4) is 0 Å². The predicted molar refractivity (Wildman–Crippen MR) is 84.2 cm³/mol. The molecule has 1 aromatic heterocycles. The number of aromatic nitrogens is 1. The maximum atomic E-state index is 12.8. The van der Waals surface area contributed by atoms with E-state index in [9.17, 15) is 13.2 Å². The Morgan fingerprint density at radius 2 is 1.68 bits per heavy atom. The molecule has 0 aliphatic rings. The van der Waals surface area contributed by atoms with Gasteiger partial charge in [-0.05, 0) is 25.1 Å². The van der Waals surface area contributed by atoms with Crippen molar-refractivity contribution in [2.24, 2.45) is 5.73 Å². The number of para-hydroxylation sites is 1. The van der Waals surface area contributed by atoms with Crippen LogP contribution in [0.3, 0.4) is 0 Å². The molecular formula is C16H14N2O3S. The monoisotopic (exact) mass is 314 g/mol. The molecule has 112 valence electrons. The second kappa shape index (κ2) is 4.99. The predicted octanol–water partition coefficient (Wildman–Crippen LogP) is 2.29. The summed E-state index contributed by atoms with van der Waals surface area (Å²) in [5.41, 5.74) is 6.93. The van der Waals surface area contributed by atoms with Gasteiger partial charge in [-0.2, -0.15) is 0 Å². The zero-order chi connectivity index (χ0) is 15.9. The average Bonchev–Trinajstić information content (AvgIpc) is 2.88. The van der Waals surface area contributed by atoms with E-state index in [1.807, 2.05) is 6.92 Å².